The molecular weight excluding hydrogens is 266 g/mol. The molecule has 1 saturated heterocycles. The van der Waals surface area contributed by atoms with Crippen LogP contribution in [0.4, 0.5) is 11.4 Å². The lowest BCUT2D eigenvalue weighted by Crippen LogP contribution is -2.48. The number of amides is 1. The fraction of sp³-hybridized carbons (Fsp3) is 0.562. The number of benzene rings is 1. The number of likely N-dealkylation sites (N-methyl/N-ethyl adjacent to an activating group) is 1. The Kier molecular flexibility index (Phi) is 4.94. The van der Waals surface area contributed by atoms with Crippen molar-refractivity contribution in [1.82, 2.24) is 5.32 Å². The number of nitrogen functional groups attached to an aromatic ring is 1. The second-order valence-electron chi connectivity index (χ2n) is 5.75. The maximum Gasteiger partial charge on any atom is 0.242 e. The molecule has 1 aliphatic rings. The minimum Gasteiger partial charge on any atom is -0.491 e. The van der Waals surface area contributed by atoms with Gasteiger partial charge in [0.05, 0.1) is 6.10 Å². The maximum absolute atomic E-state index is 12.1. The Morgan fingerprint density at radius 1 is 1.38 bits per heavy atom. The molecule has 1 aliphatic heterocycles. The van der Waals surface area contributed by atoms with Crippen LogP contribution in [0.5, 0.6) is 5.75 Å². The Hall–Kier alpha value is -1.91. The molecule has 1 atom stereocenters. The second-order valence-corrected chi connectivity index (χ2v) is 5.75. The molecule has 1 fully saturated rings. The van der Waals surface area contributed by atoms with E-state index in [2.05, 4.69) is 10.2 Å². The maximum atomic E-state index is 12.1. The summed E-state index contributed by atoms with van der Waals surface area (Å²) in [5.41, 5.74) is 7.60. The molecule has 5 heteroatoms. The normalized spacial score (nSPS) is 18.7. The van der Waals surface area contributed by atoms with Gasteiger partial charge >= 0.3 is 0 Å². The zero-order chi connectivity index (χ0) is 15.4. The minimum absolute atomic E-state index is 0.0588. The van der Waals surface area contributed by atoms with Gasteiger partial charge in [-0.3, -0.25) is 4.79 Å². The average Bonchev–Trinajstić information content (AvgIpc) is 2.45. The van der Waals surface area contributed by atoms with Crippen LogP contribution in [0.15, 0.2) is 18.2 Å². The summed E-state index contributed by atoms with van der Waals surface area (Å²) in [5.74, 6) is 0.810. The van der Waals surface area contributed by atoms with Crippen molar-refractivity contribution in [1.29, 1.82) is 0 Å². The largest absolute Gasteiger partial charge is 0.491 e. The Labute approximate surface area is 126 Å². The molecule has 0 aromatic heterocycles. The number of hydrogen-bond acceptors (Lipinski definition) is 4. The highest BCUT2D eigenvalue weighted by atomic mass is 16.5. The van der Waals surface area contributed by atoms with Crippen LogP contribution < -0.4 is 20.7 Å². The highest BCUT2D eigenvalue weighted by Crippen LogP contribution is 2.31. The number of ether oxygens (including phenoxy) is 1. The molecule has 1 unspecified atom stereocenters. The van der Waals surface area contributed by atoms with Gasteiger partial charge in [-0.1, -0.05) is 0 Å². The monoisotopic (exact) mass is 291 g/mol. The lowest BCUT2D eigenvalue weighted by molar-refractivity contribution is -0.122. The SMILES string of the molecule is CNC(=O)C1CCCCN1c1cc(N)cc(OC(C)C)c1. The third-order valence-corrected chi connectivity index (χ3v) is 3.67. The number of hydrogen-bond donors (Lipinski definition) is 2. The Morgan fingerprint density at radius 2 is 2.14 bits per heavy atom. The smallest absolute Gasteiger partial charge is 0.242 e. The molecule has 1 amide bonds. The number of nitrogens with zero attached hydrogens (tertiary/aromatic N) is 1. The first-order chi connectivity index (χ1) is 10.0. The van der Waals surface area contributed by atoms with Gasteiger partial charge in [0.15, 0.2) is 0 Å². The zero-order valence-electron chi connectivity index (χ0n) is 13.1. The summed E-state index contributed by atoms with van der Waals surface area (Å²) >= 11 is 0. The first kappa shape index (κ1) is 15.5. The van der Waals surface area contributed by atoms with Gasteiger partial charge < -0.3 is 20.7 Å². The van der Waals surface area contributed by atoms with Crippen molar-refractivity contribution >= 4 is 17.3 Å². The topological polar surface area (TPSA) is 67.6 Å². The number of anilines is 2. The van der Waals surface area contributed by atoms with E-state index in [4.69, 9.17) is 10.5 Å². The second kappa shape index (κ2) is 6.70. The van der Waals surface area contributed by atoms with Crippen molar-refractivity contribution in [3.63, 3.8) is 0 Å². The summed E-state index contributed by atoms with van der Waals surface area (Å²) in [6.45, 7) is 4.83. The predicted octanol–water partition coefficient (Wildman–Crippen LogP) is 2.16. The highest BCUT2D eigenvalue weighted by molar-refractivity contribution is 5.85. The van der Waals surface area contributed by atoms with E-state index in [9.17, 15) is 4.79 Å². The number of carbonyl (C=O) groups is 1. The van der Waals surface area contributed by atoms with Crippen molar-refractivity contribution < 1.29 is 9.53 Å². The van der Waals surface area contributed by atoms with Gasteiger partial charge in [0.1, 0.15) is 11.8 Å². The van der Waals surface area contributed by atoms with E-state index in [-0.39, 0.29) is 18.1 Å². The molecule has 1 aromatic carbocycles. The molecule has 21 heavy (non-hydrogen) atoms. The number of rotatable bonds is 4. The van der Waals surface area contributed by atoms with Crippen LogP contribution in [0.3, 0.4) is 0 Å². The van der Waals surface area contributed by atoms with Crippen molar-refractivity contribution in [2.75, 3.05) is 24.2 Å². The van der Waals surface area contributed by atoms with Gasteiger partial charge in [-0.05, 0) is 39.2 Å². The number of nitrogens with one attached hydrogen (secondary N) is 1. The first-order valence-electron chi connectivity index (χ1n) is 7.56. The van der Waals surface area contributed by atoms with Gasteiger partial charge in [-0.2, -0.15) is 0 Å². The fourth-order valence-corrected chi connectivity index (χ4v) is 2.79. The zero-order valence-corrected chi connectivity index (χ0v) is 13.1. The summed E-state index contributed by atoms with van der Waals surface area (Å²) in [4.78, 5) is 14.2. The Bertz CT molecular complexity index is 502. The molecule has 0 radical (unpaired) electrons. The van der Waals surface area contributed by atoms with E-state index in [0.29, 0.717) is 5.69 Å². The van der Waals surface area contributed by atoms with Crippen molar-refractivity contribution in [2.45, 2.75) is 45.3 Å². The predicted molar refractivity (Wildman–Crippen MR) is 85.7 cm³/mol. The van der Waals surface area contributed by atoms with Crippen LogP contribution >= 0.6 is 0 Å². The van der Waals surface area contributed by atoms with Gasteiger partial charge in [0.2, 0.25) is 5.91 Å². The summed E-state index contributed by atoms with van der Waals surface area (Å²) < 4.78 is 5.74. The Balaban J connectivity index is 2.29. The van der Waals surface area contributed by atoms with Gasteiger partial charge in [0, 0.05) is 37.1 Å². The van der Waals surface area contributed by atoms with E-state index < -0.39 is 0 Å². The summed E-state index contributed by atoms with van der Waals surface area (Å²) in [5, 5.41) is 2.75. The van der Waals surface area contributed by atoms with Gasteiger partial charge in [-0.15, -0.1) is 0 Å². The van der Waals surface area contributed by atoms with Crippen molar-refractivity contribution in [2.24, 2.45) is 0 Å². The molecule has 0 bridgehead atoms. The van der Waals surface area contributed by atoms with E-state index in [1.807, 2.05) is 32.0 Å². The molecule has 2 rings (SSSR count). The first-order valence-corrected chi connectivity index (χ1v) is 7.56. The van der Waals surface area contributed by atoms with Crippen LogP contribution in [0.2, 0.25) is 0 Å². The van der Waals surface area contributed by atoms with E-state index in [1.54, 1.807) is 7.05 Å². The van der Waals surface area contributed by atoms with Crippen molar-refractivity contribution in [3.05, 3.63) is 18.2 Å². The highest BCUT2D eigenvalue weighted by Gasteiger charge is 2.28. The number of carbonyl (C=O) groups excluding carboxylic acids is 1. The number of nitrogens with two attached hydrogens (primary N) is 1. The molecule has 3 N–H and O–H groups in total. The van der Waals surface area contributed by atoms with Crippen LogP contribution in [0.25, 0.3) is 0 Å². The van der Waals surface area contributed by atoms with E-state index in [1.165, 1.54) is 0 Å². The molecule has 0 aliphatic carbocycles. The molecule has 1 heterocycles. The van der Waals surface area contributed by atoms with E-state index >= 15 is 0 Å². The van der Waals surface area contributed by atoms with Gasteiger partial charge in [-0.25, -0.2) is 0 Å². The van der Waals surface area contributed by atoms with E-state index in [0.717, 1.165) is 37.2 Å². The lowest BCUT2D eigenvalue weighted by Gasteiger charge is -2.36. The molecule has 5 nitrogen and oxygen atoms in total. The summed E-state index contributed by atoms with van der Waals surface area (Å²) in [7, 11) is 1.68. The molecular formula is C16H25N3O2. The molecule has 116 valence electrons. The Morgan fingerprint density at radius 3 is 2.81 bits per heavy atom. The molecule has 0 saturated carbocycles. The summed E-state index contributed by atoms with van der Waals surface area (Å²) in [6, 6.07) is 5.58. The standard InChI is InChI=1S/C16H25N3O2/c1-11(2)21-14-9-12(17)8-13(10-14)19-7-5-4-6-15(19)16(20)18-3/h8-11,15H,4-7,17H2,1-3H3,(H,18,20). The van der Waals surface area contributed by atoms with Crippen LogP contribution in [-0.2, 0) is 4.79 Å². The third kappa shape index (κ3) is 3.80. The number of piperidine rings is 1. The van der Waals surface area contributed by atoms with Crippen molar-refractivity contribution in [3.8, 4) is 5.75 Å². The fourth-order valence-electron chi connectivity index (χ4n) is 2.79. The lowest BCUT2D eigenvalue weighted by atomic mass is 10.00. The van der Waals surface area contributed by atoms with Crippen LogP contribution in [-0.4, -0.2) is 31.6 Å². The van der Waals surface area contributed by atoms with Crippen LogP contribution in [0, 0.1) is 0 Å². The third-order valence-electron chi connectivity index (χ3n) is 3.67. The molecule has 0 spiro atoms. The molecule has 1 aromatic rings. The quantitative estimate of drug-likeness (QED) is 0.834. The van der Waals surface area contributed by atoms with Crippen LogP contribution in [0.1, 0.15) is 33.1 Å². The average molecular weight is 291 g/mol. The van der Waals surface area contributed by atoms with Gasteiger partial charge in [0.25, 0.3) is 0 Å². The minimum atomic E-state index is -0.127. The summed E-state index contributed by atoms with van der Waals surface area (Å²) in [6.07, 6.45) is 3.12.